The molecule has 2 aromatic heterocycles. The Morgan fingerprint density at radius 1 is 1.27 bits per heavy atom. The van der Waals surface area contributed by atoms with Crippen LogP contribution < -0.4 is 10.2 Å². The molecule has 2 atom stereocenters. The monoisotopic (exact) mass is 428 g/mol. The average Bonchev–Trinajstić information content (AvgIpc) is 3.40. The summed E-state index contributed by atoms with van der Waals surface area (Å²) in [5, 5.41) is 4.10. The van der Waals surface area contributed by atoms with Crippen LogP contribution in [-0.4, -0.2) is 58.0 Å². The number of nitrogens with zero attached hydrogens (tertiary/aromatic N) is 4. The molecule has 2 saturated heterocycles. The number of likely N-dealkylation sites (tertiary alicyclic amines) is 1. The minimum Gasteiger partial charge on any atom is -0.376 e. The Kier molecular flexibility index (Phi) is 4.94. The number of fused-ring (bicyclic) bond motifs is 2. The second kappa shape index (κ2) is 7.75. The molecule has 0 bridgehead atoms. The van der Waals surface area contributed by atoms with E-state index in [2.05, 4.69) is 25.2 Å². The molecule has 9 heteroatoms. The van der Waals surface area contributed by atoms with Crippen LogP contribution in [0, 0.1) is 11.7 Å². The van der Waals surface area contributed by atoms with E-state index in [9.17, 15) is 9.18 Å². The van der Waals surface area contributed by atoms with Crippen molar-refractivity contribution >= 4 is 40.0 Å². The lowest BCUT2D eigenvalue weighted by Crippen LogP contribution is -2.51. The number of halogens is 2. The van der Waals surface area contributed by atoms with Crippen LogP contribution in [0.1, 0.15) is 12.8 Å². The molecule has 30 heavy (non-hydrogen) atoms. The number of nitrogens with one attached hydrogen (secondary N) is 2. The number of rotatable bonds is 4. The highest BCUT2D eigenvalue weighted by Gasteiger charge is 2.40. The molecular formula is C21H22ClFN6O. The lowest BCUT2D eigenvalue weighted by Gasteiger charge is -2.39. The largest absolute Gasteiger partial charge is 0.376 e. The van der Waals surface area contributed by atoms with E-state index in [1.54, 1.807) is 12.4 Å². The third-order valence-corrected chi connectivity index (χ3v) is 6.47. The number of H-pyrrole nitrogens is 1. The van der Waals surface area contributed by atoms with E-state index in [4.69, 9.17) is 11.6 Å². The first-order valence-electron chi connectivity index (χ1n) is 10.1. The molecule has 5 rings (SSSR count). The van der Waals surface area contributed by atoms with Gasteiger partial charge < -0.3 is 20.1 Å². The molecule has 2 fully saturated rings. The first-order valence-corrected chi connectivity index (χ1v) is 10.5. The molecule has 7 nitrogen and oxygen atoms in total. The van der Waals surface area contributed by atoms with Crippen LogP contribution in [0.25, 0.3) is 11.0 Å². The number of benzene rings is 1. The number of hydrogen-bond acceptors (Lipinski definition) is 5. The van der Waals surface area contributed by atoms with Crippen molar-refractivity contribution in [2.24, 2.45) is 5.92 Å². The van der Waals surface area contributed by atoms with Crippen LogP contribution in [0.5, 0.6) is 0 Å². The van der Waals surface area contributed by atoms with E-state index >= 15 is 0 Å². The maximum Gasteiger partial charge on any atom is 0.241 e. The summed E-state index contributed by atoms with van der Waals surface area (Å²) >= 11 is 5.82. The van der Waals surface area contributed by atoms with E-state index in [0.717, 1.165) is 42.8 Å². The minimum absolute atomic E-state index is 0.0234. The molecule has 4 heterocycles. The van der Waals surface area contributed by atoms with Gasteiger partial charge in [-0.15, -0.1) is 0 Å². The molecule has 156 valence electrons. The average molecular weight is 429 g/mol. The van der Waals surface area contributed by atoms with Gasteiger partial charge in [0.05, 0.1) is 23.0 Å². The number of aromatic amines is 1. The van der Waals surface area contributed by atoms with Gasteiger partial charge in [-0.3, -0.25) is 4.79 Å². The zero-order valence-corrected chi connectivity index (χ0v) is 17.1. The van der Waals surface area contributed by atoms with E-state index in [1.807, 2.05) is 17.2 Å². The maximum atomic E-state index is 13.3. The van der Waals surface area contributed by atoms with Crippen molar-refractivity contribution in [3.05, 3.63) is 47.6 Å². The van der Waals surface area contributed by atoms with E-state index < -0.39 is 5.82 Å². The summed E-state index contributed by atoms with van der Waals surface area (Å²) in [5.41, 5.74) is 1.46. The zero-order chi connectivity index (χ0) is 20.7. The normalized spacial score (nSPS) is 21.1. The Morgan fingerprint density at radius 2 is 2.13 bits per heavy atom. The Balaban J connectivity index is 1.28. The van der Waals surface area contributed by atoms with E-state index in [1.165, 1.54) is 12.1 Å². The number of piperidine rings is 1. The summed E-state index contributed by atoms with van der Waals surface area (Å²) in [4.78, 5) is 29.0. The van der Waals surface area contributed by atoms with Crippen molar-refractivity contribution in [1.82, 2.24) is 19.9 Å². The third kappa shape index (κ3) is 3.45. The van der Waals surface area contributed by atoms with Gasteiger partial charge in [0.1, 0.15) is 23.6 Å². The summed E-state index contributed by atoms with van der Waals surface area (Å²) in [5.74, 6) is 1.04. The maximum absolute atomic E-state index is 13.3. The van der Waals surface area contributed by atoms with Crippen LogP contribution >= 0.6 is 11.6 Å². The van der Waals surface area contributed by atoms with Crippen molar-refractivity contribution in [2.45, 2.75) is 18.9 Å². The van der Waals surface area contributed by atoms with Crippen LogP contribution in [0.4, 0.5) is 15.9 Å². The van der Waals surface area contributed by atoms with Gasteiger partial charge in [-0.05, 0) is 43.0 Å². The number of hydrogen-bond donors (Lipinski definition) is 2. The molecule has 2 N–H and O–H groups in total. The molecule has 2 aliphatic heterocycles. The highest BCUT2D eigenvalue weighted by molar-refractivity contribution is 6.31. The van der Waals surface area contributed by atoms with Crippen LogP contribution in [-0.2, 0) is 4.79 Å². The van der Waals surface area contributed by atoms with Gasteiger partial charge in [-0.25, -0.2) is 14.4 Å². The zero-order valence-electron chi connectivity index (χ0n) is 16.3. The molecule has 1 aromatic carbocycles. The molecule has 1 amide bonds. The molecule has 0 saturated carbocycles. The summed E-state index contributed by atoms with van der Waals surface area (Å²) in [6.45, 7) is 2.50. The van der Waals surface area contributed by atoms with Crippen molar-refractivity contribution in [3.63, 3.8) is 0 Å². The lowest BCUT2D eigenvalue weighted by molar-refractivity contribution is -0.130. The summed E-state index contributed by atoms with van der Waals surface area (Å²) in [7, 11) is 0. The van der Waals surface area contributed by atoms with E-state index in [0.29, 0.717) is 18.2 Å². The van der Waals surface area contributed by atoms with Crippen molar-refractivity contribution < 1.29 is 9.18 Å². The molecule has 3 aromatic rings. The number of anilines is 2. The second-order valence-electron chi connectivity index (χ2n) is 7.86. The molecular weight excluding hydrogens is 407 g/mol. The molecule has 2 aliphatic rings. The van der Waals surface area contributed by atoms with Crippen molar-refractivity contribution in [2.75, 3.05) is 36.4 Å². The second-order valence-corrected chi connectivity index (χ2v) is 8.26. The first kappa shape index (κ1) is 19.1. The quantitative estimate of drug-likeness (QED) is 0.666. The number of amides is 1. The van der Waals surface area contributed by atoms with Crippen molar-refractivity contribution in [1.29, 1.82) is 0 Å². The summed E-state index contributed by atoms with van der Waals surface area (Å²) < 4.78 is 13.3. The Bertz CT molecular complexity index is 1090. The van der Waals surface area contributed by atoms with Gasteiger partial charge in [0.25, 0.3) is 0 Å². The standard InChI is InChI=1S/C21H22ClFN6O/c22-16-9-14(1-2-17(16)23)25-10-19(30)28-7-4-13-5-8-29(18(13)11-28)21-15-3-6-24-20(15)26-12-27-21/h1-3,6,9,12-13,18,25H,4-5,7-8,10-11H2,(H,24,26,27). The lowest BCUT2D eigenvalue weighted by atomic mass is 9.92. The predicted molar refractivity (Wildman–Crippen MR) is 114 cm³/mol. The van der Waals surface area contributed by atoms with Crippen molar-refractivity contribution in [3.8, 4) is 0 Å². The van der Waals surface area contributed by atoms with Gasteiger partial charge >= 0.3 is 0 Å². The van der Waals surface area contributed by atoms with Crippen LogP contribution in [0.15, 0.2) is 36.8 Å². The number of carbonyl (C=O) groups is 1. The first-order chi connectivity index (χ1) is 14.6. The van der Waals surface area contributed by atoms with Gasteiger partial charge in [-0.2, -0.15) is 0 Å². The topological polar surface area (TPSA) is 77.2 Å². The SMILES string of the molecule is O=C(CNc1ccc(F)c(Cl)c1)N1CCC2CCN(c3ncnc4[nH]ccc34)C2C1. The number of aromatic nitrogens is 3. The Hall–Kier alpha value is -2.87. The van der Waals surface area contributed by atoms with Crippen LogP contribution in [0.2, 0.25) is 5.02 Å². The molecule has 0 aliphatic carbocycles. The third-order valence-electron chi connectivity index (χ3n) is 6.18. The predicted octanol–water partition coefficient (Wildman–Crippen LogP) is 3.29. The fourth-order valence-electron chi connectivity index (χ4n) is 4.61. The molecule has 0 radical (unpaired) electrons. The highest BCUT2D eigenvalue weighted by Crippen LogP contribution is 2.36. The minimum atomic E-state index is -0.474. The highest BCUT2D eigenvalue weighted by atomic mass is 35.5. The van der Waals surface area contributed by atoms with Crippen LogP contribution in [0.3, 0.4) is 0 Å². The fourth-order valence-corrected chi connectivity index (χ4v) is 4.79. The van der Waals surface area contributed by atoms with Gasteiger partial charge in [0, 0.05) is 31.5 Å². The fraction of sp³-hybridized carbons (Fsp3) is 0.381. The smallest absolute Gasteiger partial charge is 0.241 e. The summed E-state index contributed by atoms with van der Waals surface area (Å²) in [6, 6.07) is 6.61. The molecule has 2 unspecified atom stereocenters. The summed E-state index contributed by atoms with van der Waals surface area (Å²) in [6.07, 6.45) is 5.55. The van der Waals surface area contributed by atoms with Gasteiger partial charge in [0.15, 0.2) is 0 Å². The number of carbonyl (C=O) groups excluding carboxylic acids is 1. The molecule has 0 spiro atoms. The Morgan fingerprint density at radius 3 is 3.00 bits per heavy atom. The van der Waals surface area contributed by atoms with Gasteiger partial charge in [0.2, 0.25) is 5.91 Å². The Labute approximate surface area is 178 Å². The van der Waals surface area contributed by atoms with E-state index in [-0.39, 0.29) is 23.5 Å². The van der Waals surface area contributed by atoms with Gasteiger partial charge in [-0.1, -0.05) is 11.6 Å².